The summed E-state index contributed by atoms with van der Waals surface area (Å²) in [6, 6.07) is 2.18. The fourth-order valence-corrected chi connectivity index (χ4v) is 4.19. The molecule has 1 saturated carbocycles. The van der Waals surface area contributed by atoms with Gasteiger partial charge in [-0.15, -0.1) is 11.3 Å². The highest BCUT2D eigenvalue weighted by Gasteiger charge is 2.31. The number of nitrogens with zero attached hydrogens (tertiary/aromatic N) is 3. The third-order valence-electron chi connectivity index (χ3n) is 5.07. The maximum absolute atomic E-state index is 12.5. The molecule has 0 aromatic carbocycles. The van der Waals surface area contributed by atoms with Crippen molar-refractivity contribution in [2.75, 3.05) is 24.5 Å². The van der Waals surface area contributed by atoms with Crippen molar-refractivity contribution in [3.8, 4) is 0 Å². The van der Waals surface area contributed by atoms with Crippen LogP contribution in [0.2, 0.25) is 0 Å². The second-order valence-electron chi connectivity index (χ2n) is 6.87. The van der Waals surface area contributed by atoms with Gasteiger partial charge in [0.05, 0.1) is 11.3 Å². The highest BCUT2D eigenvalue weighted by atomic mass is 32.1. The molecule has 2 aromatic heterocycles. The third-order valence-corrected chi connectivity index (χ3v) is 5.89. The first-order valence-corrected chi connectivity index (χ1v) is 9.57. The Labute approximate surface area is 145 Å². The van der Waals surface area contributed by atoms with Gasteiger partial charge in [-0.1, -0.05) is 0 Å². The number of nitrogens with one attached hydrogen (secondary N) is 1. The summed E-state index contributed by atoms with van der Waals surface area (Å²) in [5.74, 6) is 1.70. The van der Waals surface area contributed by atoms with E-state index in [4.69, 9.17) is 5.73 Å². The Bertz CT molecular complexity index is 729. The van der Waals surface area contributed by atoms with E-state index in [1.54, 1.807) is 17.7 Å². The molecule has 2 fully saturated rings. The summed E-state index contributed by atoms with van der Waals surface area (Å²) in [5.41, 5.74) is 6.08. The van der Waals surface area contributed by atoms with Crippen LogP contribution in [0.4, 0.5) is 5.82 Å². The Kier molecular flexibility index (Phi) is 4.37. The topological polar surface area (TPSA) is 84.1 Å². The van der Waals surface area contributed by atoms with Crippen LogP contribution in [-0.4, -0.2) is 41.6 Å². The molecule has 6 nitrogen and oxygen atoms in total. The summed E-state index contributed by atoms with van der Waals surface area (Å²) in [6.07, 6.45) is 5.96. The molecule has 1 saturated heterocycles. The molecule has 0 radical (unpaired) electrons. The minimum Gasteiger partial charge on any atom is -0.355 e. The van der Waals surface area contributed by atoms with Gasteiger partial charge < -0.3 is 16.0 Å². The van der Waals surface area contributed by atoms with E-state index in [0.29, 0.717) is 19.0 Å². The smallest absolute Gasteiger partial charge is 0.224 e. The van der Waals surface area contributed by atoms with Crippen molar-refractivity contribution >= 4 is 33.3 Å². The summed E-state index contributed by atoms with van der Waals surface area (Å²) in [4.78, 5) is 24.5. The average Bonchev–Trinajstić information content (AvgIpc) is 3.36. The minimum absolute atomic E-state index is 0.00815. The molecular weight excluding hydrogens is 322 g/mol. The van der Waals surface area contributed by atoms with Crippen LogP contribution in [0.15, 0.2) is 17.8 Å². The first-order valence-electron chi connectivity index (χ1n) is 8.69. The molecule has 128 valence electrons. The zero-order valence-corrected chi connectivity index (χ0v) is 14.5. The summed E-state index contributed by atoms with van der Waals surface area (Å²) in [7, 11) is 0. The quantitative estimate of drug-likeness (QED) is 0.863. The predicted octanol–water partition coefficient (Wildman–Crippen LogP) is 1.76. The van der Waals surface area contributed by atoms with Crippen LogP contribution in [-0.2, 0) is 4.79 Å². The second kappa shape index (κ2) is 6.64. The van der Waals surface area contributed by atoms with Crippen molar-refractivity contribution < 1.29 is 4.79 Å². The second-order valence-corrected chi connectivity index (χ2v) is 7.76. The minimum atomic E-state index is 0.00815. The number of fused-ring (bicyclic) bond motifs is 1. The maximum Gasteiger partial charge on any atom is 0.224 e. The van der Waals surface area contributed by atoms with Crippen molar-refractivity contribution in [3.63, 3.8) is 0 Å². The fourth-order valence-electron chi connectivity index (χ4n) is 3.47. The number of aromatic nitrogens is 2. The van der Waals surface area contributed by atoms with Crippen LogP contribution in [0, 0.1) is 11.8 Å². The van der Waals surface area contributed by atoms with Crippen molar-refractivity contribution in [2.24, 2.45) is 17.6 Å². The van der Waals surface area contributed by atoms with Gasteiger partial charge in [0.15, 0.2) is 0 Å². The van der Waals surface area contributed by atoms with E-state index in [-0.39, 0.29) is 17.9 Å². The highest BCUT2D eigenvalue weighted by Crippen LogP contribution is 2.32. The standard InChI is InChI=1S/C17H23N5OS/c18-14(11-3-4-11)8-19-16(23)12-2-1-6-22(9-12)15-13-5-7-24-17(13)21-10-20-15/h5,7,10-12,14H,1-4,6,8-9,18H2,(H,19,23). The van der Waals surface area contributed by atoms with Gasteiger partial charge in [0.1, 0.15) is 17.0 Å². The fraction of sp³-hybridized carbons (Fsp3) is 0.588. The molecule has 3 N–H and O–H groups in total. The average molecular weight is 345 g/mol. The summed E-state index contributed by atoms with van der Waals surface area (Å²) >= 11 is 1.62. The SMILES string of the molecule is NC(CNC(=O)C1CCCN(c2ncnc3sccc23)C1)C1CC1. The number of carbonyl (C=O) groups excluding carboxylic acids is 1. The number of carbonyl (C=O) groups is 1. The Morgan fingerprint density at radius 2 is 2.29 bits per heavy atom. The lowest BCUT2D eigenvalue weighted by atomic mass is 9.96. The zero-order chi connectivity index (χ0) is 16.5. The van der Waals surface area contributed by atoms with Crippen LogP contribution in [0.5, 0.6) is 0 Å². The molecule has 2 unspecified atom stereocenters. The summed E-state index contributed by atoms with van der Waals surface area (Å²) in [6.45, 7) is 2.25. The number of amides is 1. The summed E-state index contributed by atoms with van der Waals surface area (Å²) < 4.78 is 0. The van der Waals surface area contributed by atoms with E-state index in [9.17, 15) is 4.79 Å². The van der Waals surface area contributed by atoms with Crippen molar-refractivity contribution in [2.45, 2.75) is 31.7 Å². The molecule has 1 amide bonds. The van der Waals surface area contributed by atoms with Gasteiger partial charge >= 0.3 is 0 Å². The monoisotopic (exact) mass is 345 g/mol. The molecular formula is C17H23N5OS. The maximum atomic E-state index is 12.5. The first-order chi connectivity index (χ1) is 11.7. The number of rotatable bonds is 5. The Hall–Kier alpha value is -1.73. The van der Waals surface area contributed by atoms with Gasteiger partial charge in [-0.05, 0) is 43.0 Å². The van der Waals surface area contributed by atoms with Crippen molar-refractivity contribution in [1.82, 2.24) is 15.3 Å². The largest absolute Gasteiger partial charge is 0.355 e. The van der Waals surface area contributed by atoms with E-state index in [2.05, 4.69) is 26.3 Å². The predicted molar refractivity (Wildman–Crippen MR) is 96.1 cm³/mol. The van der Waals surface area contributed by atoms with E-state index < -0.39 is 0 Å². The lowest BCUT2D eigenvalue weighted by molar-refractivity contribution is -0.125. The van der Waals surface area contributed by atoms with E-state index >= 15 is 0 Å². The Morgan fingerprint density at radius 1 is 1.42 bits per heavy atom. The van der Waals surface area contributed by atoms with Gasteiger partial charge in [-0.3, -0.25) is 4.79 Å². The Morgan fingerprint density at radius 3 is 3.12 bits per heavy atom. The van der Waals surface area contributed by atoms with Crippen molar-refractivity contribution in [1.29, 1.82) is 0 Å². The van der Waals surface area contributed by atoms with Gasteiger partial charge in [0, 0.05) is 25.7 Å². The molecule has 0 spiro atoms. The van der Waals surface area contributed by atoms with E-state index in [1.165, 1.54) is 12.8 Å². The Balaban J connectivity index is 1.41. The highest BCUT2D eigenvalue weighted by molar-refractivity contribution is 7.16. The number of anilines is 1. The molecule has 1 aliphatic heterocycles. The van der Waals surface area contributed by atoms with Gasteiger partial charge in [0.25, 0.3) is 0 Å². The molecule has 0 bridgehead atoms. The number of hydrogen-bond acceptors (Lipinski definition) is 6. The normalized spacial score (nSPS) is 22.5. The molecule has 3 heterocycles. The number of hydrogen-bond donors (Lipinski definition) is 2. The van der Waals surface area contributed by atoms with Crippen LogP contribution < -0.4 is 16.0 Å². The van der Waals surface area contributed by atoms with Gasteiger partial charge in [0.2, 0.25) is 5.91 Å². The van der Waals surface area contributed by atoms with Crippen LogP contribution in [0.1, 0.15) is 25.7 Å². The molecule has 4 rings (SSSR count). The lowest BCUT2D eigenvalue weighted by Crippen LogP contribution is -2.46. The first kappa shape index (κ1) is 15.8. The third kappa shape index (κ3) is 3.23. The van der Waals surface area contributed by atoms with Crippen molar-refractivity contribution in [3.05, 3.63) is 17.8 Å². The molecule has 2 aromatic rings. The molecule has 7 heteroatoms. The molecule has 2 atom stereocenters. The van der Waals surface area contributed by atoms with E-state index in [1.807, 2.05) is 5.38 Å². The number of thiophene rings is 1. The molecule has 24 heavy (non-hydrogen) atoms. The van der Waals surface area contributed by atoms with Gasteiger partial charge in [-0.25, -0.2) is 9.97 Å². The van der Waals surface area contributed by atoms with Crippen LogP contribution in [0.3, 0.4) is 0 Å². The summed E-state index contributed by atoms with van der Waals surface area (Å²) in [5, 5.41) is 6.18. The zero-order valence-electron chi connectivity index (χ0n) is 13.6. The molecule has 2 aliphatic rings. The van der Waals surface area contributed by atoms with Gasteiger partial charge in [-0.2, -0.15) is 0 Å². The van der Waals surface area contributed by atoms with Crippen LogP contribution in [0.25, 0.3) is 10.2 Å². The lowest BCUT2D eigenvalue weighted by Gasteiger charge is -2.33. The molecule has 1 aliphatic carbocycles. The van der Waals surface area contributed by atoms with Crippen LogP contribution >= 0.6 is 11.3 Å². The number of piperidine rings is 1. The van der Waals surface area contributed by atoms with E-state index in [0.717, 1.165) is 35.4 Å². The number of nitrogens with two attached hydrogens (primary N) is 1.